The lowest BCUT2D eigenvalue weighted by Crippen LogP contribution is -2.14. The van der Waals surface area contributed by atoms with E-state index in [1.807, 2.05) is 12.1 Å². The predicted octanol–water partition coefficient (Wildman–Crippen LogP) is 3.30. The van der Waals surface area contributed by atoms with Crippen LogP contribution in [-0.4, -0.2) is 5.91 Å². The van der Waals surface area contributed by atoms with E-state index in [0.29, 0.717) is 12.6 Å². The number of rotatable bonds is 5. The maximum Gasteiger partial charge on any atom is 0.251 e. The number of benzene rings is 1. The molecule has 0 radical (unpaired) electrons. The van der Waals surface area contributed by atoms with Gasteiger partial charge in [0.2, 0.25) is 0 Å². The molecule has 106 valence electrons. The van der Waals surface area contributed by atoms with Crippen LogP contribution in [0, 0.1) is 11.6 Å². The molecule has 6 heteroatoms. The van der Waals surface area contributed by atoms with Gasteiger partial charge < -0.3 is 11.1 Å². The van der Waals surface area contributed by atoms with Gasteiger partial charge in [-0.05, 0) is 24.6 Å². The summed E-state index contributed by atoms with van der Waals surface area (Å²) in [4.78, 5) is 13.3. The van der Waals surface area contributed by atoms with Crippen molar-refractivity contribution in [1.82, 2.24) is 0 Å². The summed E-state index contributed by atoms with van der Waals surface area (Å²) in [6.45, 7) is 2.47. The number of hydrogen-bond donors (Lipinski definition) is 2. The van der Waals surface area contributed by atoms with Gasteiger partial charge in [-0.25, -0.2) is 8.78 Å². The Hall–Kier alpha value is -1.95. The van der Waals surface area contributed by atoms with Gasteiger partial charge in [0.15, 0.2) is 0 Å². The fourth-order valence-electron chi connectivity index (χ4n) is 1.76. The Balaban J connectivity index is 2.16. The summed E-state index contributed by atoms with van der Waals surface area (Å²) in [5.74, 6) is -2.63. The lowest BCUT2D eigenvalue weighted by Gasteiger charge is -2.08. The highest BCUT2D eigenvalue weighted by molar-refractivity contribution is 7.12. The molecule has 0 spiro atoms. The van der Waals surface area contributed by atoms with E-state index in [1.165, 1.54) is 4.88 Å². The lowest BCUT2D eigenvalue weighted by atomic mass is 10.1. The molecule has 0 atom stereocenters. The van der Waals surface area contributed by atoms with Crippen molar-refractivity contribution in [2.75, 3.05) is 5.32 Å². The zero-order valence-corrected chi connectivity index (χ0v) is 11.7. The second-order valence-corrected chi connectivity index (χ2v) is 5.50. The number of carbonyl (C=O) groups is 1. The summed E-state index contributed by atoms with van der Waals surface area (Å²) in [7, 11) is 0. The Labute approximate surface area is 119 Å². The third kappa shape index (κ3) is 3.14. The molecule has 2 aromatic rings. The first kappa shape index (κ1) is 14.5. The van der Waals surface area contributed by atoms with E-state index in [9.17, 15) is 13.6 Å². The van der Waals surface area contributed by atoms with E-state index in [1.54, 1.807) is 11.3 Å². The van der Waals surface area contributed by atoms with Gasteiger partial charge in [-0.1, -0.05) is 6.92 Å². The lowest BCUT2D eigenvalue weighted by molar-refractivity contribution is 0.0996. The van der Waals surface area contributed by atoms with Crippen molar-refractivity contribution in [2.45, 2.75) is 19.9 Å². The third-order valence-corrected chi connectivity index (χ3v) is 4.07. The van der Waals surface area contributed by atoms with Crippen molar-refractivity contribution < 1.29 is 13.6 Å². The van der Waals surface area contributed by atoms with Crippen molar-refractivity contribution in [3.63, 3.8) is 0 Å². The van der Waals surface area contributed by atoms with E-state index in [2.05, 4.69) is 12.2 Å². The first-order chi connectivity index (χ1) is 9.51. The molecule has 1 aromatic carbocycles. The minimum absolute atomic E-state index is 0.0617. The molecule has 0 fully saturated rings. The quantitative estimate of drug-likeness (QED) is 0.889. The molecular formula is C14H14F2N2OS. The summed E-state index contributed by atoms with van der Waals surface area (Å²) < 4.78 is 26.9. The van der Waals surface area contributed by atoms with Crippen molar-refractivity contribution in [1.29, 1.82) is 0 Å². The zero-order valence-electron chi connectivity index (χ0n) is 10.9. The molecule has 0 saturated heterocycles. The monoisotopic (exact) mass is 296 g/mol. The van der Waals surface area contributed by atoms with Gasteiger partial charge in [0.1, 0.15) is 11.6 Å². The number of hydrogen-bond acceptors (Lipinski definition) is 3. The fourth-order valence-corrected chi connectivity index (χ4v) is 2.66. The van der Waals surface area contributed by atoms with Crippen LogP contribution in [0.4, 0.5) is 14.5 Å². The molecule has 1 amide bonds. The Morgan fingerprint density at radius 2 is 1.95 bits per heavy atom. The van der Waals surface area contributed by atoms with Crippen LogP contribution >= 0.6 is 11.3 Å². The van der Waals surface area contributed by atoms with E-state index in [0.717, 1.165) is 17.4 Å². The summed E-state index contributed by atoms with van der Waals surface area (Å²) >= 11 is 1.62. The largest absolute Gasteiger partial charge is 0.378 e. The normalized spacial score (nSPS) is 10.6. The maximum atomic E-state index is 13.6. The molecule has 20 heavy (non-hydrogen) atoms. The Kier molecular flexibility index (Phi) is 4.34. The van der Waals surface area contributed by atoms with Gasteiger partial charge in [-0.15, -0.1) is 11.3 Å². The number of aryl methyl sites for hydroxylation is 1. The highest BCUT2D eigenvalue weighted by Crippen LogP contribution is 2.22. The van der Waals surface area contributed by atoms with Gasteiger partial charge >= 0.3 is 0 Å². The summed E-state index contributed by atoms with van der Waals surface area (Å²) in [6.07, 6.45) is 0.946. The van der Waals surface area contributed by atoms with Crippen molar-refractivity contribution in [3.8, 4) is 0 Å². The van der Waals surface area contributed by atoms with Crippen LogP contribution in [0.3, 0.4) is 0 Å². The molecule has 3 nitrogen and oxygen atoms in total. The van der Waals surface area contributed by atoms with Crippen LogP contribution in [0.5, 0.6) is 0 Å². The number of carbonyl (C=O) groups excluding carboxylic acids is 1. The minimum atomic E-state index is -0.954. The van der Waals surface area contributed by atoms with Crippen molar-refractivity contribution in [2.24, 2.45) is 5.73 Å². The number of nitrogens with two attached hydrogens (primary N) is 1. The number of thiophene rings is 1. The van der Waals surface area contributed by atoms with Gasteiger partial charge in [-0.3, -0.25) is 4.79 Å². The van der Waals surface area contributed by atoms with E-state index >= 15 is 0 Å². The molecule has 0 aliphatic rings. The first-order valence-corrected chi connectivity index (χ1v) is 6.93. The van der Waals surface area contributed by atoms with Crippen molar-refractivity contribution >= 4 is 22.9 Å². The fraction of sp³-hybridized carbons (Fsp3) is 0.214. The topological polar surface area (TPSA) is 55.1 Å². The predicted molar refractivity (Wildman–Crippen MR) is 75.9 cm³/mol. The number of halogens is 2. The van der Waals surface area contributed by atoms with Crippen LogP contribution in [-0.2, 0) is 13.0 Å². The second kappa shape index (κ2) is 6.00. The maximum absolute atomic E-state index is 13.6. The molecule has 1 aromatic heterocycles. The van der Waals surface area contributed by atoms with Gasteiger partial charge in [0, 0.05) is 22.4 Å². The summed E-state index contributed by atoms with van der Waals surface area (Å²) in [6, 6.07) is 5.72. The second-order valence-electron chi connectivity index (χ2n) is 4.25. The van der Waals surface area contributed by atoms with Crippen LogP contribution < -0.4 is 11.1 Å². The SMILES string of the molecule is CCc1ccc(CNc2cc(C(N)=O)c(F)cc2F)s1. The van der Waals surface area contributed by atoms with E-state index in [4.69, 9.17) is 5.73 Å². The molecular weight excluding hydrogens is 282 g/mol. The number of primary amides is 1. The number of anilines is 1. The molecule has 0 saturated carbocycles. The Morgan fingerprint density at radius 1 is 1.25 bits per heavy atom. The van der Waals surface area contributed by atoms with Crippen LogP contribution in [0.2, 0.25) is 0 Å². The standard InChI is InChI=1S/C14H14F2N2OS/c1-2-8-3-4-9(20-8)7-18-13-5-10(14(17)19)11(15)6-12(13)16/h3-6,18H,2,7H2,1H3,(H2,17,19). The smallest absolute Gasteiger partial charge is 0.251 e. The summed E-state index contributed by atoms with van der Waals surface area (Å²) in [5, 5.41) is 2.85. The Bertz CT molecular complexity index is 640. The molecule has 0 unspecified atom stereocenters. The highest BCUT2D eigenvalue weighted by atomic mass is 32.1. The van der Waals surface area contributed by atoms with Crippen LogP contribution in [0.1, 0.15) is 27.0 Å². The molecule has 0 aliphatic heterocycles. The van der Waals surface area contributed by atoms with Gasteiger partial charge in [0.05, 0.1) is 11.3 Å². The molecule has 2 rings (SSSR count). The molecule has 0 aliphatic carbocycles. The van der Waals surface area contributed by atoms with Crippen molar-refractivity contribution in [3.05, 3.63) is 51.2 Å². The summed E-state index contributed by atoms with van der Waals surface area (Å²) in [5.41, 5.74) is 4.77. The number of amides is 1. The van der Waals surface area contributed by atoms with E-state index in [-0.39, 0.29) is 11.3 Å². The zero-order chi connectivity index (χ0) is 14.7. The molecule has 0 bridgehead atoms. The van der Waals surface area contributed by atoms with Gasteiger partial charge in [-0.2, -0.15) is 0 Å². The molecule has 1 heterocycles. The minimum Gasteiger partial charge on any atom is -0.378 e. The highest BCUT2D eigenvalue weighted by Gasteiger charge is 2.13. The number of nitrogens with one attached hydrogen (secondary N) is 1. The van der Waals surface area contributed by atoms with Crippen LogP contribution in [0.15, 0.2) is 24.3 Å². The van der Waals surface area contributed by atoms with Gasteiger partial charge in [0.25, 0.3) is 5.91 Å². The van der Waals surface area contributed by atoms with E-state index < -0.39 is 17.5 Å². The third-order valence-electron chi connectivity index (χ3n) is 2.84. The first-order valence-electron chi connectivity index (χ1n) is 6.11. The molecule has 3 N–H and O–H groups in total. The van der Waals surface area contributed by atoms with Crippen LogP contribution in [0.25, 0.3) is 0 Å². The average Bonchev–Trinajstić information content (AvgIpc) is 2.85. The Morgan fingerprint density at radius 3 is 2.55 bits per heavy atom. The average molecular weight is 296 g/mol.